The van der Waals surface area contributed by atoms with Gasteiger partial charge in [0.25, 0.3) is 0 Å². The van der Waals surface area contributed by atoms with E-state index in [-0.39, 0.29) is 6.42 Å². The summed E-state index contributed by atoms with van der Waals surface area (Å²) in [5, 5.41) is 0. The number of ether oxygens (including phenoxy) is 2. The second-order valence-electron chi connectivity index (χ2n) is 5.31. The molecule has 1 aromatic carbocycles. The highest BCUT2D eigenvalue weighted by Crippen LogP contribution is 2.37. The second kappa shape index (κ2) is 5.99. The third kappa shape index (κ3) is 4.67. The molecule has 0 bridgehead atoms. The average molecular weight is 294 g/mol. The maximum absolute atomic E-state index is 13.4. The van der Waals surface area contributed by atoms with Gasteiger partial charge in [0, 0.05) is 5.56 Å². The maximum Gasteiger partial charge on any atom is 0.522 e. The average Bonchev–Trinajstić information content (AvgIpc) is 2.25. The Labute approximate surface area is 115 Å². The summed E-state index contributed by atoms with van der Waals surface area (Å²) in [6.07, 6.45) is -5.65. The van der Waals surface area contributed by atoms with Crippen LogP contribution < -0.4 is 4.74 Å². The Morgan fingerprint density at radius 3 is 2.30 bits per heavy atom. The minimum absolute atomic E-state index is 0.0757. The van der Waals surface area contributed by atoms with Gasteiger partial charge in [-0.15, -0.1) is 13.2 Å². The lowest BCUT2D eigenvalue weighted by Crippen LogP contribution is -2.29. The largest absolute Gasteiger partial charge is 0.522 e. The van der Waals surface area contributed by atoms with Crippen LogP contribution in [0.15, 0.2) is 18.2 Å². The van der Waals surface area contributed by atoms with Crippen LogP contribution in [0.4, 0.5) is 17.6 Å². The molecule has 6 heteroatoms. The second-order valence-corrected chi connectivity index (χ2v) is 5.31. The van der Waals surface area contributed by atoms with E-state index in [4.69, 9.17) is 4.74 Å². The maximum atomic E-state index is 13.4. The zero-order valence-corrected chi connectivity index (χ0v) is 11.8. The van der Waals surface area contributed by atoms with Crippen molar-refractivity contribution in [1.29, 1.82) is 0 Å². The summed E-state index contributed by atoms with van der Waals surface area (Å²) >= 11 is 0. The Bertz CT molecular complexity index is 455. The van der Waals surface area contributed by atoms with Gasteiger partial charge in [-0.2, -0.15) is 0 Å². The Hall–Kier alpha value is -1.30. The number of benzene rings is 1. The molecule has 114 valence electrons. The lowest BCUT2D eigenvalue weighted by molar-refractivity contribution is -0.341. The molecule has 0 aliphatic rings. The molecular weight excluding hydrogens is 276 g/mol. The molecule has 0 aliphatic carbocycles. The Kier molecular flexibility index (Phi) is 5.02. The molecule has 0 radical (unpaired) electrons. The summed E-state index contributed by atoms with van der Waals surface area (Å²) in [4.78, 5) is 0. The molecule has 0 aromatic heterocycles. The topological polar surface area (TPSA) is 18.5 Å². The SMILES string of the molecule is COc1ccc(F)cc1C(C)(C)CC(C)OC(F)(F)F. The minimum Gasteiger partial charge on any atom is -0.496 e. The van der Waals surface area contributed by atoms with Gasteiger partial charge in [0.2, 0.25) is 0 Å². The van der Waals surface area contributed by atoms with E-state index >= 15 is 0 Å². The summed E-state index contributed by atoms with van der Waals surface area (Å²) in [6.45, 7) is 4.78. The van der Waals surface area contributed by atoms with Gasteiger partial charge in [-0.3, -0.25) is 4.74 Å². The predicted molar refractivity (Wildman–Crippen MR) is 67.2 cm³/mol. The van der Waals surface area contributed by atoms with E-state index in [2.05, 4.69) is 4.74 Å². The molecule has 0 N–H and O–H groups in total. The molecule has 20 heavy (non-hydrogen) atoms. The summed E-state index contributed by atoms with van der Waals surface area (Å²) in [5.41, 5.74) is -0.212. The normalized spacial score (nSPS) is 14.2. The van der Waals surface area contributed by atoms with Gasteiger partial charge in [-0.05, 0) is 37.0 Å². The van der Waals surface area contributed by atoms with Crippen LogP contribution in [0, 0.1) is 5.82 Å². The molecule has 0 saturated heterocycles. The number of hydrogen-bond donors (Lipinski definition) is 0. The van der Waals surface area contributed by atoms with Crippen molar-refractivity contribution in [2.24, 2.45) is 0 Å². The fourth-order valence-electron chi connectivity index (χ4n) is 2.31. The zero-order valence-electron chi connectivity index (χ0n) is 11.8. The summed E-state index contributed by atoms with van der Waals surface area (Å²) in [6, 6.07) is 3.98. The highest BCUT2D eigenvalue weighted by atomic mass is 19.4. The van der Waals surface area contributed by atoms with Gasteiger partial charge in [-0.25, -0.2) is 4.39 Å². The molecule has 0 saturated carbocycles. The van der Waals surface area contributed by atoms with Crippen LogP contribution in [-0.2, 0) is 10.2 Å². The van der Waals surface area contributed by atoms with Crippen molar-refractivity contribution < 1.29 is 27.0 Å². The van der Waals surface area contributed by atoms with E-state index in [1.54, 1.807) is 13.8 Å². The number of alkyl halides is 3. The molecule has 0 aliphatic heterocycles. The van der Waals surface area contributed by atoms with Crippen molar-refractivity contribution in [1.82, 2.24) is 0 Å². The molecule has 1 unspecified atom stereocenters. The molecule has 1 aromatic rings. The summed E-state index contributed by atoms with van der Waals surface area (Å²) in [7, 11) is 1.43. The molecule has 1 atom stereocenters. The smallest absolute Gasteiger partial charge is 0.496 e. The quantitative estimate of drug-likeness (QED) is 0.748. The van der Waals surface area contributed by atoms with Gasteiger partial charge in [0.1, 0.15) is 11.6 Å². The van der Waals surface area contributed by atoms with Gasteiger partial charge in [-0.1, -0.05) is 13.8 Å². The van der Waals surface area contributed by atoms with E-state index < -0.39 is 23.7 Å². The third-order valence-electron chi connectivity index (χ3n) is 3.02. The molecule has 0 heterocycles. The fraction of sp³-hybridized carbons (Fsp3) is 0.571. The Balaban J connectivity index is 2.95. The third-order valence-corrected chi connectivity index (χ3v) is 3.02. The summed E-state index contributed by atoms with van der Waals surface area (Å²) in [5.74, 6) is -0.0196. The summed E-state index contributed by atoms with van der Waals surface area (Å²) < 4.78 is 59.0. The van der Waals surface area contributed by atoms with Crippen LogP contribution in [0.3, 0.4) is 0 Å². The Morgan fingerprint density at radius 2 is 1.80 bits per heavy atom. The first-order valence-electron chi connectivity index (χ1n) is 6.14. The molecule has 0 fully saturated rings. The first-order valence-corrected chi connectivity index (χ1v) is 6.14. The van der Waals surface area contributed by atoms with Gasteiger partial charge in [0.05, 0.1) is 13.2 Å². The number of hydrogen-bond acceptors (Lipinski definition) is 2. The van der Waals surface area contributed by atoms with E-state index in [1.807, 2.05) is 0 Å². The van der Waals surface area contributed by atoms with Crippen molar-refractivity contribution in [3.05, 3.63) is 29.6 Å². The van der Waals surface area contributed by atoms with Crippen molar-refractivity contribution in [3.8, 4) is 5.75 Å². The standard InChI is InChI=1S/C14H18F4O2/c1-9(20-14(16,17)18)8-13(2,3)11-7-10(15)5-6-12(11)19-4/h5-7,9H,8H2,1-4H3. The van der Waals surface area contributed by atoms with Crippen LogP contribution in [0.2, 0.25) is 0 Å². The zero-order chi connectivity index (χ0) is 15.6. The van der Waals surface area contributed by atoms with Crippen LogP contribution in [0.5, 0.6) is 5.75 Å². The van der Waals surface area contributed by atoms with Gasteiger partial charge in [0.15, 0.2) is 0 Å². The fourth-order valence-corrected chi connectivity index (χ4v) is 2.31. The molecule has 0 amide bonds. The van der Waals surface area contributed by atoms with Crippen LogP contribution in [0.25, 0.3) is 0 Å². The van der Waals surface area contributed by atoms with Crippen LogP contribution >= 0.6 is 0 Å². The highest BCUT2D eigenvalue weighted by Gasteiger charge is 2.35. The van der Waals surface area contributed by atoms with Gasteiger partial charge < -0.3 is 4.74 Å². The lowest BCUT2D eigenvalue weighted by atomic mass is 9.79. The molecule has 0 spiro atoms. The highest BCUT2D eigenvalue weighted by molar-refractivity contribution is 5.39. The van der Waals surface area contributed by atoms with Crippen molar-refractivity contribution in [2.45, 2.75) is 45.1 Å². The molecular formula is C14H18F4O2. The molecule has 2 nitrogen and oxygen atoms in total. The van der Waals surface area contributed by atoms with Crippen molar-refractivity contribution in [3.63, 3.8) is 0 Å². The number of halogens is 4. The monoisotopic (exact) mass is 294 g/mol. The van der Waals surface area contributed by atoms with Gasteiger partial charge >= 0.3 is 6.36 Å². The Morgan fingerprint density at radius 1 is 1.20 bits per heavy atom. The minimum atomic E-state index is -4.68. The number of rotatable bonds is 5. The first-order chi connectivity index (χ1) is 9.05. The van der Waals surface area contributed by atoms with E-state index in [0.29, 0.717) is 11.3 Å². The van der Waals surface area contributed by atoms with Crippen molar-refractivity contribution >= 4 is 0 Å². The van der Waals surface area contributed by atoms with Crippen LogP contribution in [0.1, 0.15) is 32.8 Å². The van der Waals surface area contributed by atoms with Crippen molar-refractivity contribution in [2.75, 3.05) is 7.11 Å². The lowest BCUT2D eigenvalue weighted by Gasteiger charge is -2.30. The van der Waals surface area contributed by atoms with E-state index in [9.17, 15) is 17.6 Å². The first kappa shape index (κ1) is 16.8. The molecule has 1 rings (SSSR count). The number of methoxy groups -OCH3 is 1. The van der Waals surface area contributed by atoms with E-state index in [0.717, 1.165) is 0 Å². The predicted octanol–water partition coefficient (Wildman–Crippen LogP) is 4.43. The van der Waals surface area contributed by atoms with E-state index in [1.165, 1.54) is 32.2 Å². The van der Waals surface area contributed by atoms with Crippen LogP contribution in [-0.4, -0.2) is 19.6 Å².